The number of hydrogen-bond acceptors (Lipinski definition) is 4. The maximum absolute atomic E-state index is 12.3. The van der Waals surface area contributed by atoms with E-state index in [1.165, 1.54) is 5.56 Å². The molecule has 6 heteroatoms. The van der Waals surface area contributed by atoms with Crippen LogP contribution in [0.5, 0.6) is 0 Å². The first-order valence-corrected chi connectivity index (χ1v) is 10.6. The van der Waals surface area contributed by atoms with Gasteiger partial charge < -0.3 is 15.4 Å². The van der Waals surface area contributed by atoms with Crippen molar-refractivity contribution in [1.82, 2.24) is 10.6 Å². The Bertz CT molecular complexity index is 920. The van der Waals surface area contributed by atoms with Crippen LogP contribution in [-0.2, 0) is 20.7 Å². The van der Waals surface area contributed by atoms with Crippen LogP contribution in [0.3, 0.4) is 0 Å². The largest absolute Gasteiger partial charge is 0.454 e. The van der Waals surface area contributed by atoms with E-state index < -0.39 is 12.6 Å². The van der Waals surface area contributed by atoms with E-state index in [1.54, 1.807) is 12.1 Å². The molecule has 2 rings (SSSR count). The minimum Gasteiger partial charge on any atom is -0.454 e. The van der Waals surface area contributed by atoms with E-state index in [0.29, 0.717) is 5.56 Å². The van der Waals surface area contributed by atoms with Gasteiger partial charge in [0.15, 0.2) is 6.61 Å². The second kappa shape index (κ2) is 11.3. The summed E-state index contributed by atoms with van der Waals surface area (Å²) in [6.45, 7) is 9.32. The molecule has 0 saturated heterocycles. The zero-order valence-electron chi connectivity index (χ0n) is 19.0. The summed E-state index contributed by atoms with van der Waals surface area (Å²) in [5.41, 5.74) is 4.79. The summed E-state index contributed by atoms with van der Waals surface area (Å²) in [5, 5.41) is 5.44. The molecule has 0 heterocycles. The Morgan fingerprint density at radius 3 is 2.23 bits per heavy atom. The quantitative estimate of drug-likeness (QED) is 0.602. The van der Waals surface area contributed by atoms with Gasteiger partial charge in [-0.3, -0.25) is 14.4 Å². The fourth-order valence-corrected chi connectivity index (χ4v) is 3.14. The van der Waals surface area contributed by atoms with E-state index in [2.05, 4.69) is 29.7 Å². The van der Waals surface area contributed by atoms with Crippen LogP contribution in [0.25, 0.3) is 0 Å². The van der Waals surface area contributed by atoms with Gasteiger partial charge in [0.05, 0.1) is 6.04 Å². The Kier molecular flexibility index (Phi) is 8.79. The number of carbonyl (C=O) groups excluding carboxylic acids is 3. The predicted octanol–water partition coefficient (Wildman–Crippen LogP) is 3.65. The van der Waals surface area contributed by atoms with Gasteiger partial charge in [0, 0.05) is 5.56 Å². The molecule has 0 unspecified atom stereocenters. The first-order valence-electron chi connectivity index (χ1n) is 10.6. The van der Waals surface area contributed by atoms with Gasteiger partial charge in [0.1, 0.15) is 6.54 Å². The Labute approximate surface area is 184 Å². The molecular weight excluding hydrogens is 392 g/mol. The zero-order chi connectivity index (χ0) is 23.0. The molecular formula is C25H32N2O4. The summed E-state index contributed by atoms with van der Waals surface area (Å²) >= 11 is 0. The molecule has 0 radical (unpaired) electrons. The van der Waals surface area contributed by atoms with Crippen LogP contribution in [-0.4, -0.2) is 30.9 Å². The minimum absolute atomic E-state index is 0.171. The second-order valence-corrected chi connectivity index (χ2v) is 8.03. The van der Waals surface area contributed by atoms with Crippen molar-refractivity contribution in [1.29, 1.82) is 0 Å². The highest BCUT2D eigenvalue weighted by atomic mass is 16.5. The maximum Gasteiger partial charge on any atom is 0.325 e. The summed E-state index contributed by atoms with van der Waals surface area (Å²) in [6.07, 6.45) is 0.953. The topological polar surface area (TPSA) is 84.5 Å². The van der Waals surface area contributed by atoms with Crippen LogP contribution in [0, 0.1) is 19.8 Å². The fourth-order valence-electron chi connectivity index (χ4n) is 3.14. The van der Waals surface area contributed by atoms with Crippen molar-refractivity contribution < 1.29 is 19.1 Å². The summed E-state index contributed by atoms with van der Waals surface area (Å²) in [4.78, 5) is 36.4. The number of rotatable bonds is 9. The van der Waals surface area contributed by atoms with Crippen molar-refractivity contribution in [2.24, 2.45) is 5.92 Å². The van der Waals surface area contributed by atoms with Gasteiger partial charge in [0.25, 0.3) is 11.8 Å². The molecule has 0 aliphatic carbocycles. The van der Waals surface area contributed by atoms with Crippen LogP contribution < -0.4 is 10.6 Å². The third-order valence-electron chi connectivity index (χ3n) is 5.26. The minimum atomic E-state index is -0.666. The lowest BCUT2D eigenvalue weighted by Gasteiger charge is -2.23. The van der Waals surface area contributed by atoms with E-state index in [4.69, 9.17) is 4.74 Å². The molecule has 0 bridgehead atoms. The second-order valence-electron chi connectivity index (χ2n) is 8.03. The molecule has 2 amide bonds. The number of benzene rings is 2. The number of nitrogens with one attached hydrogen (secondary N) is 2. The predicted molar refractivity (Wildman–Crippen MR) is 121 cm³/mol. The fraction of sp³-hybridized carbons (Fsp3) is 0.400. The number of esters is 1. The average Bonchev–Trinajstić information content (AvgIpc) is 2.76. The molecule has 31 heavy (non-hydrogen) atoms. The summed E-state index contributed by atoms with van der Waals surface area (Å²) in [5.74, 6) is -1.24. The van der Waals surface area contributed by atoms with Gasteiger partial charge in [-0.2, -0.15) is 0 Å². The van der Waals surface area contributed by atoms with Crippen LogP contribution in [0.1, 0.15) is 59.4 Å². The highest BCUT2D eigenvalue weighted by Gasteiger charge is 2.19. The molecule has 0 spiro atoms. The molecule has 2 N–H and O–H groups in total. The molecule has 2 aromatic carbocycles. The number of ether oxygens (including phenoxy) is 1. The Balaban J connectivity index is 1.82. The van der Waals surface area contributed by atoms with E-state index >= 15 is 0 Å². The third kappa shape index (κ3) is 7.24. The maximum atomic E-state index is 12.3. The van der Waals surface area contributed by atoms with Crippen molar-refractivity contribution in [3.05, 3.63) is 70.3 Å². The number of hydrogen-bond donors (Lipinski definition) is 2. The van der Waals surface area contributed by atoms with Crippen molar-refractivity contribution in [3.63, 3.8) is 0 Å². The van der Waals surface area contributed by atoms with Gasteiger partial charge in [0.2, 0.25) is 0 Å². The molecule has 0 aliphatic rings. The van der Waals surface area contributed by atoms with Gasteiger partial charge in [-0.15, -0.1) is 0 Å². The van der Waals surface area contributed by atoms with E-state index in [1.807, 2.05) is 45.9 Å². The van der Waals surface area contributed by atoms with E-state index in [-0.39, 0.29) is 30.3 Å². The SMILES string of the molecule is CCc1ccc([C@H](NC(=O)COC(=O)CNC(=O)c2ccc(C)c(C)c2)C(C)C)cc1. The van der Waals surface area contributed by atoms with Gasteiger partial charge >= 0.3 is 5.97 Å². The lowest BCUT2D eigenvalue weighted by Crippen LogP contribution is -2.36. The summed E-state index contributed by atoms with van der Waals surface area (Å²) in [6, 6.07) is 13.3. The summed E-state index contributed by atoms with van der Waals surface area (Å²) in [7, 11) is 0. The molecule has 0 fully saturated rings. The lowest BCUT2D eigenvalue weighted by atomic mass is 9.95. The molecule has 2 aromatic rings. The van der Waals surface area contributed by atoms with Gasteiger partial charge in [-0.05, 0) is 60.6 Å². The van der Waals surface area contributed by atoms with E-state index in [0.717, 1.165) is 23.1 Å². The zero-order valence-corrected chi connectivity index (χ0v) is 19.0. The first kappa shape index (κ1) is 24.1. The van der Waals surface area contributed by atoms with Gasteiger partial charge in [-0.25, -0.2) is 0 Å². The Hall–Kier alpha value is -3.15. The van der Waals surface area contributed by atoms with Crippen molar-refractivity contribution in [2.75, 3.05) is 13.2 Å². The molecule has 166 valence electrons. The molecule has 1 atom stereocenters. The molecule has 0 saturated carbocycles. The number of carbonyl (C=O) groups is 3. The lowest BCUT2D eigenvalue weighted by molar-refractivity contribution is -0.147. The summed E-state index contributed by atoms with van der Waals surface area (Å²) < 4.78 is 5.02. The molecule has 6 nitrogen and oxygen atoms in total. The smallest absolute Gasteiger partial charge is 0.325 e. The average molecular weight is 425 g/mol. The molecule has 0 aliphatic heterocycles. The highest BCUT2D eigenvalue weighted by molar-refractivity contribution is 5.96. The highest BCUT2D eigenvalue weighted by Crippen LogP contribution is 2.22. The Morgan fingerprint density at radius 2 is 1.65 bits per heavy atom. The standard InChI is InChI=1S/C25H32N2O4/c1-6-19-8-11-20(12-9-19)24(16(2)3)27-22(28)15-31-23(29)14-26-25(30)21-10-7-17(4)18(5)13-21/h7-13,16,24H,6,14-15H2,1-5H3,(H,26,30)(H,27,28)/t24-/m1/s1. The van der Waals surface area contributed by atoms with Crippen molar-refractivity contribution in [3.8, 4) is 0 Å². The van der Waals surface area contributed by atoms with Crippen LogP contribution in [0.15, 0.2) is 42.5 Å². The van der Waals surface area contributed by atoms with Gasteiger partial charge in [-0.1, -0.05) is 51.1 Å². The van der Waals surface area contributed by atoms with Crippen LogP contribution in [0.4, 0.5) is 0 Å². The number of aryl methyl sites for hydroxylation is 3. The monoisotopic (exact) mass is 424 g/mol. The van der Waals surface area contributed by atoms with Crippen LogP contribution in [0.2, 0.25) is 0 Å². The Morgan fingerprint density at radius 1 is 0.968 bits per heavy atom. The van der Waals surface area contributed by atoms with Crippen molar-refractivity contribution >= 4 is 17.8 Å². The normalized spacial score (nSPS) is 11.7. The van der Waals surface area contributed by atoms with E-state index in [9.17, 15) is 14.4 Å². The van der Waals surface area contributed by atoms with Crippen molar-refractivity contribution in [2.45, 2.75) is 47.1 Å². The third-order valence-corrected chi connectivity index (χ3v) is 5.26. The first-order chi connectivity index (χ1) is 14.7. The van der Waals surface area contributed by atoms with Crippen LogP contribution >= 0.6 is 0 Å². The molecule has 0 aromatic heterocycles. The number of amides is 2.